The zero-order valence-corrected chi connectivity index (χ0v) is 9.03. The molecular weight excluding hydrogens is 198 g/mol. The van der Waals surface area contributed by atoms with Gasteiger partial charge in [-0.2, -0.15) is 0 Å². The highest BCUT2D eigenvalue weighted by molar-refractivity contribution is 5.75. The van der Waals surface area contributed by atoms with E-state index in [-0.39, 0.29) is 13.0 Å². The van der Waals surface area contributed by atoms with Gasteiger partial charge in [0.2, 0.25) is 0 Å². The van der Waals surface area contributed by atoms with E-state index in [1.54, 1.807) is 7.05 Å². The van der Waals surface area contributed by atoms with E-state index in [4.69, 9.17) is 4.74 Å². The highest BCUT2D eigenvalue weighted by Crippen LogP contribution is 2.33. The lowest BCUT2D eigenvalue weighted by atomic mass is 9.78. The molecule has 1 saturated heterocycles. The van der Waals surface area contributed by atoms with Crippen molar-refractivity contribution in [2.75, 3.05) is 26.8 Å². The molecule has 2 atom stereocenters. The van der Waals surface area contributed by atoms with Gasteiger partial charge in [-0.25, -0.2) is 0 Å². The molecular formula is C10H19NO4. The molecule has 0 aromatic rings. The molecule has 1 aliphatic heterocycles. The Kier molecular flexibility index (Phi) is 4.50. The van der Waals surface area contributed by atoms with Gasteiger partial charge in [0.25, 0.3) is 0 Å². The number of likely N-dealkylation sites (N-methyl/N-ethyl adjacent to an activating group) is 1. The molecule has 1 aliphatic rings. The number of carboxylic acid groups (broad SMARTS) is 1. The first-order valence-corrected chi connectivity index (χ1v) is 5.24. The van der Waals surface area contributed by atoms with Crippen LogP contribution in [0.1, 0.15) is 19.3 Å². The molecule has 15 heavy (non-hydrogen) atoms. The van der Waals surface area contributed by atoms with Crippen molar-refractivity contribution in [2.24, 2.45) is 5.41 Å². The molecule has 0 amide bonds. The first-order chi connectivity index (χ1) is 7.10. The van der Waals surface area contributed by atoms with E-state index in [1.165, 1.54) is 0 Å². The van der Waals surface area contributed by atoms with E-state index in [9.17, 15) is 15.0 Å². The quantitative estimate of drug-likeness (QED) is 0.596. The van der Waals surface area contributed by atoms with Gasteiger partial charge in [0.05, 0.1) is 18.1 Å². The standard InChI is InChI=1S/C10H19NO4/c1-11-6-8(12)5-10(9(13)14)3-2-4-15-7-10/h8,11-12H,2-7H2,1H3,(H,13,14)/t8-,10+/m1/s1. The highest BCUT2D eigenvalue weighted by atomic mass is 16.5. The van der Waals surface area contributed by atoms with E-state index in [0.717, 1.165) is 6.42 Å². The number of hydrogen-bond acceptors (Lipinski definition) is 4. The SMILES string of the molecule is CNC[C@H](O)C[C@@]1(C(=O)O)CCCOC1. The summed E-state index contributed by atoms with van der Waals surface area (Å²) in [5.41, 5.74) is -0.894. The van der Waals surface area contributed by atoms with E-state index in [0.29, 0.717) is 19.6 Å². The molecule has 0 unspecified atom stereocenters. The van der Waals surface area contributed by atoms with Crippen LogP contribution in [0.4, 0.5) is 0 Å². The van der Waals surface area contributed by atoms with Gasteiger partial charge in [0, 0.05) is 13.2 Å². The Labute approximate surface area is 89.4 Å². The smallest absolute Gasteiger partial charge is 0.312 e. The summed E-state index contributed by atoms with van der Waals surface area (Å²) in [4.78, 5) is 11.2. The Bertz CT molecular complexity index is 213. The average Bonchev–Trinajstić information content (AvgIpc) is 2.19. The van der Waals surface area contributed by atoms with Crippen molar-refractivity contribution < 1.29 is 19.7 Å². The zero-order valence-electron chi connectivity index (χ0n) is 9.03. The molecule has 0 spiro atoms. The van der Waals surface area contributed by atoms with Crippen molar-refractivity contribution in [3.8, 4) is 0 Å². The second-order valence-electron chi connectivity index (χ2n) is 4.16. The lowest BCUT2D eigenvalue weighted by molar-refractivity contribution is -0.160. The lowest BCUT2D eigenvalue weighted by Crippen LogP contribution is -2.43. The van der Waals surface area contributed by atoms with Crippen molar-refractivity contribution in [1.29, 1.82) is 0 Å². The average molecular weight is 217 g/mol. The molecule has 0 aromatic carbocycles. The van der Waals surface area contributed by atoms with E-state index < -0.39 is 17.5 Å². The first-order valence-electron chi connectivity index (χ1n) is 5.24. The summed E-state index contributed by atoms with van der Waals surface area (Å²) >= 11 is 0. The Hall–Kier alpha value is -0.650. The summed E-state index contributed by atoms with van der Waals surface area (Å²) in [6, 6.07) is 0. The second kappa shape index (κ2) is 5.44. The Morgan fingerprint density at radius 3 is 2.87 bits per heavy atom. The highest BCUT2D eigenvalue weighted by Gasteiger charge is 2.41. The monoisotopic (exact) mass is 217 g/mol. The van der Waals surface area contributed by atoms with Gasteiger partial charge < -0.3 is 20.3 Å². The van der Waals surface area contributed by atoms with Crippen LogP contribution < -0.4 is 5.32 Å². The largest absolute Gasteiger partial charge is 0.481 e. The number of aliphatic carboxylic acids is 1. The third kappa shape index (κ3) is 3.15. The first kappa shape index (κ1) is 12.4. The maximum absolute atomic E-state index is 11.2. The Morgan fingerprint density at radius 1 is 1.67 bits per heavy atom. The molecule has 88 valence electrons. The number of nitrogens with one attached hydrogen (secondary N) is 1. The normalized spacial score (nSPS) is 28.7. The number of aliphatic hydroxyl groups is 1. The van der Waals surface area contributed by atoms with Crippen molar-refractivity contribution in [3.05, 3.63) is 0 Å². The molecule has 5 nitrogen and oxygen atoms in total. The van der Waals surface area contributed by atoms with Gasteiger partial charge in [-0.1, -0.05) is 0 Å². The number of carbonyl (C=O) groups is 1. The van der Waals surface area contributed by atoms with E-state index in [1.807, 2.05) is 0 Å². The van der Waals surface area contributed by atoms with Crippen LogP contribution in [-0.2, 0) is 9.53 Å². The van der Waals surface area contributed by atoms with E-state index in [2.05, 4.69) is 5.32 Å². The summed E-state index contributed by atoms with van der Waals surface area (Å²) < 4.78 is 5.21. The minimum absolute atomic E-state index is 0.211. The third-order valence-corrected chi connectivity index (χ3v) is 2.84. The molecule has 1 rings (SSSR count). The van der Waals surface area contributed by atoms with Gasteiger partial charge in [-0.3, -0.25) is 4.79 Å². The molecule has 0 radical (unpaired) electrons. The van der Waals surface area contributed by atoms with Crippen LogP contribution in [0.25, 0.3) is 0 Å². The maximum Gasteiger partial charge on any atom is 0.312 e. The number of carboxylic acids is 1. The predicted molar refractivity (Wildman–Crippen MR) is 54.7 cm³/mol. The van der Waals surface area contributed by atoms with Crippen molar-refractivity contribution in [3.63, 3.8) is 0 Å². The fourth-order valence-electron chi connectivity index (χ4n) is 2.03. The fraction of sp³-hybridized carbons (Fsp3) is 0.900. The van der Waals surface area contributed by atoms with Gasteiger partial charge in [0.1, 0.15) is 0 Å². The molecule has 0 aromatic heterocycles. The van der Waals surface area contributed by atoms with Crippen LogP contribution in [-0.4, -0.2) is 49.1 Å². The van der Waals surface area contributed by atoms with Crippen LogP contribution >= 0.6 is 0 Å². The molecule has 5 heteroatoms. The predicted octanol–water partition coefficient (Wildman–Crippen LogP) is -0.162. The molecule has 1 fully saturated rings. The van der Waals surface area contributed by atoms with Crippen LogP contribution in [0.15, 0.2) is 0 Å². The lowest BCUT2D eigenvalue weighted by Gasteiger charge is -2.34. The molecule has 3 N–H and O–H groups in total. The number of aliphatic hydroxyl groups excluding tert-OH is 1. The van der Waals surface area contributed by atoms with E-state index >= 15 is 0 Å². The third-order valence-electron chi connectivity index (χ3n) is 2.84. The number of ether oxygens (including phenoxy) is 1. The van der Waals surface area contributed by atoms with Gasteiger partial charge >= 0.3 is 5.97 Å². The minimum Gasteiger partial charge on any atom is -0.481 e. The van der Waals surface area contributed by atoms with Crippen molar-refractivity contribution in [2.45, 2.75) is 25.4 Å². The van der Waals surface area contributed by atoms with Gasteiger partial charge in [0.15, 0.2) is 0 Å². The zero-order chi connectivity index (χ0) is 11.3. The summed E-state index contributed by atoms with van der Waals surface area (Å²) in [5, 5.41) is 21.7. The summed E-state index contributed by atoms with van der Waals surface area (Å²) in [5.74, 6) is -0.864. The number of rotatable bonds is 5. The fourth-order valence-corrected chi connectivity index (χ4v) is 2.03. The molecule has 0 bridgehead atoms. The maximum atomic E-state index is 11.2. The topological polar surface area (TPSA) is 78.8 Å². The van der Waals surface area contributed by atoms with Crippen molar-refractivity contribution >= 4 is 5.97 Å². The van der Waals surface area contributed by atoms with Crippen LogP contribution in [0.5, 0.6) is 0 Å². The van der Waals surface area contributed by atoms with Gasteiger partial charge in [-0.15, -0.1) is 0 Å². The van der Waals surface area contributed by atoms with Crippen molar-refractivity contribution in [1.82, 2.24) is 5.32 Å². The molecule has 1 heterocycles. The number of hydrogen-bond donors (Lipinski definition) is 3. The Morgan fingerprint density at radius 2 is 2.40 bits per heavy atom. The summed E-state index contributed by atoms with van der Waals surface area (Å²) in [6.07, 6.45) is 0.956. The van der Waals surface area contributed by atoms with Crippen LogP contribution in [0.3, 0.4) is 0 Å². The molecule has 0 saturated carbocycles. The molecule has 0 aliphatic carbocycles. The minimum atomic E-state index is -0.894. The summed E-state index contributed by atoms with van der Waals surface area (Å²) in [6.45, 7) is 1.25. The van der Waals surface area contributed by atoms with Crippen LogP contribution in [0, 0.1) is 5.41 Å². The second-order valence-corrected chi connectivity index (χ2v) is 4.16. The van der Waals surface area contributed by atoms with Gasteiger partial charge in [-0.05, 0) is 26.3 Å². The summed E-state index contributed by atoms with van der Waals surface area (Å²) in [7, 11) is 1.73. The Balaban J connectivity index is 2.60. The van der Waals surface area contributed by atoms with Crippen LogP contribution in [0.2, 0.25) is 0 Å².